The van der Waals surface area contributed by atoms with Gasteiger partial charge in [0.15, 0.2) is 9.84 Å². The Morgan fingerprint density at radius 1 is 1.07 bits per heavy atom. The van der Waals surface area contributed by atoms with E-state index in [4.69, 9.17) is 4.74 Å². The Morgan fingerprint density at radius 3 is 1.87 bits per heavy atom. The van der Waals surface area contributed by atoms with Gasteiger partial charge in [-0.1, -0.05) is 0 Å². The normalized spacial score (nSPS) is 12.5. The Kier molecular flexibility index (Phi) is 3.09. The Morgan fingerprint density at radius 2 is 1.53 bits per heavy atom. The predicted octanol–water partition coefficient (Wildman–Crippen LogP) is 2.27. The summed E-state index contributed by atoms with van der Waals surface area (Å²) >= 11 is 0. The zero-order valence-electron chi connectivity index (χ0n) is 9.44. The molecule has 84 valence electrons. The van der Waals surface area contributed by atoms with Crippen molar-refractivity contribution < 1.29 is 13.2 Å². The Balaban J connectivity index is 3.18. The van der Waals surface area contributed by atoms with E-state index in [1.54, 1.807) is 52.1 Å². The van der Waals surface area contributed by atoms with Crippen molar-refractivity contribution in [2.75, 3.05) is 7.11 Å². The van der Waals surface area contributed by atoms with Crippen molar-refractivity contribution in [2.45, 2.75) is 30.4 Å². The average Bonchev–Trinajstić information content (AvgIpc) is 2.16. The van der Waals surface area contributed by atoms with Crippen LogP contribution in [0.3, 0.4) is 0 Å². The maximum atomic E-state index is 12.0. The van der Waals surface area contributed by atoms with Gasteiger partial charge >= 0.3 is 0 Å². The van der Waals surface area contributed by atoms with Gasteiger partial charge in [-0.3, -0.25) is 0 Å². The van der Waals surface area contributed by atoms with E-state index in [0.717, 1.165) is 0 Å². The van der Waals surface area contributed by atoms with E-state index < -0.39 is 14.6 Å². The molecule has 0 aliphatic carbocycles. The number of hydrogen-bond acceptors (Lipinski definition) is 3. The van der Waals surface area contributed by atoms with Crippen LogP contribution < -0.4 is 4.74 Å². The summed E-state index contributed by atoms with van der Waals surface area (Å²) < 4.78 is 28.2. The summed E-state index contributed by atoms with van der Waals surface area (Å²) in [6.07, 6.45) is 0. The van der Waals surface area contributed by atoms with Gasteiger partial charge in [0.25, 0.3) is 0 Å². The van der Waals surface area contributed by atoms with Crippen LogP contribution in [0.1, 0.15) is 20.8 Å². The lowest BCUT2D eigenvalue weighted by Crippen LogP contribution is -2.27. The number of sulfone groups is 1. The summed E-state index contributed by atoms with van der Waals surface area (Å²) in [6.45, 7) is 5.06. The standard InChI is InChI=1S/C11H16O3S/c1-11(2,3)15(12,13)10-7-5-9(14-4)6-8-10/h5-8H,1-4H3. The summed E-state index contributed by atoms with van der Waals surface area (Å²) in [6, 6.07) is 6.44. The monoisotopic (exact) mass is 228 g/mol. The molecule has 0 aliphatic rings. The minimum absolute atomic E-state index is 0.329. The third kappa shape index (κ3) is 2.31. The van der Waals surface area contributed by atoms with Crippen molar-refractivity contribution in [3.05, 3.63) is 24.3 Å². The molecular formula is C11H16O3S. The maximum Gasteiger partial charge on any atom is 0.183 e. The molecule has 0 spiro atoms. The molecule has 0 amide bonds. The van der Waals surface area contributed by atoms with Gasteiger partial charge in [-0.2, -0.15) is 0 Å². The first-order valence-corrected chi connectivity index (χ1v) is 6.16. The van der Waals surface area contributed by atoms with E-state index in [1.165, 1.54) is 0 Å². The number of rotatable bonds is 2. The van der Waals surface area contributed by atoms with Gasteiger partial charge in [0.05, 0.1) is 16.8 Å². The molecule has 0 aliphatic heterocycles. The summed E-state index contributed by atoms with van der Waals surface area (Å²) in [5, 5.41) is 0. The van der Waals surface area contributed by atoms with Crippen LogP contribution >= 0.6 is 0 Å². The van der Waals surface area contributed by atoms with E-state index in [2.05, 4.69) is 0 Å². The van der Waals surface area contributed by atoms with Crippen molar-refractivity contribution in [1.82, 2.24) is 0 Å². The highest BCUT2D eigenvalue weighted by Gasteiger charge is 2.30. The van der Waals surface area contributed by atoms with Gasteiger partial charge in [0.2, 0.25) is 0 Å². The predicted molar refractivity (Wildman–Crippen MR) is 59.9 cm³/mol. The topological polar surface area (TPSA) is 43.4 Å². The highest BCUT2D eigenvalue weighted by atomic mass is 32.2. The third-order valence-corrected chi connectivity index (χ3v) is 4.68. The van der Waals surface area contributed by atoms with Gasteiger partial charge in [0, 0.05) is 0 Å². The summed E-state index contributed by atoms with van der Waals surface area (Å²) in [5.41, 5.74) is 0. The van der Waals surface area contributed by atoms with Crippen molar-refractivity contribution in [3.8, 4) is 5.75 Å². The molecule has 1 aromatic carbocycles. The van der Waals surface area contributed by atoms with Crippen LogP contribution in [-0.2, 0) is 9.84 Å². The largest absolute Gasteiger partial charge is 0.497 e. The Labute approximate surface area is 91.0 Å². The molecule has 0 saturated heterocycles. The SMILES string of the molecule is COc1ccc(S(=O)(=O)C(C)(C)C)cc1. The van der Waals surface area contributed by atoms with Crippen LogP contribution in [0.5, 0.6) is 5.75 Å². The van der Waals surface area contributed by atoms with E-state index in [9.17, 15) is 8.42 Å². The van der Waals surface area contributed by atoms with E-state index in [1.807, 2.05) is 0 Å². The second-order valence-corrected chi connectivity index (χ2v) is 6.99. The molecule has 1 rings (SSSR count). The van der Waals surface area contributed by atoms with Gasteiger partial charge in [-0.05, 0) is 45.0 Å². The molecule has 0 bridgehead atoms. The van der Waals surface area contributed by atoms with E-state index in [-0.39, 0.29) is 0 Å². The van der Waals surface area contributed by atoms with Gasteiger partial charge in [0.1, 0.15) is 5.75 Å². The molecule has 1 aromatic rings. The highest BCUT2D eigenvalue weighted by Crippen LogP contribution is 2.25. The smallest absolute Gasteiger partial charge is 0.183 e. The van der Waals surface area contributed by atoms with Gasteiger partial charge < -0.3 is 4.74 Å². The lowest BCUT2D eigenvalue weighted by atomic mass is 10.3. The zero-order valence-corrected chi connectivity index (χ0v) is 10.3. The third-order valence-electron chi connectivity index (χ3n) is 2.18. The van der Waals surface area contributed by atoms with Crippen LogP contribution in [0.4, 0.5) is 0 Å². The highest BCUT2D eigenvalue weighted by molar-refractivity contribution is 7.92. The zero-order chi connectivity index (χ0) is 11.7. The number of ether oxygens (including phenoxy) is 1. The number of hydrogen-bond donors (Lipinski definition) is 0. The molecule has 0 N–H and O–H groups in total. The molecule has 0 radical (unpaired) electrons. The quantitative estimate of drug-likeness (QED) is 0.780. The van der Waals surface area contributed by atoms with Crippen LogP contribution in [0.15, 0.2) is 29.2 Å². The van der Waals surface area contributed by atoms with Crippen molar-refractivity contribution in [2.24, 2.45) is 0 Å². The number of methoxy groups -OCH3 is 1. The Hall–Kier alpha value is -1.03. The van der Waals surface area contributed by atoms with Crippen LogP contribution in [0, 0.1) is 0 Å². The molecule has 0 unspecified atom stereocenters. The second-order valence-electron chi connectivity index (χ2n) is 4.29. The molecule has 0 aromatic heterocycles. The molecule has 3 nitrogen and oxygen atoms in total. The van der Waals surface area contributed by atoms with Crippen molar-refractivity contribution >= 4 is 9.84 Å². The first kappa shape index (κ1) is 12.0. The fourth-order valence-electron chi connectivity index (χ4n) is 1.11. The first-order valence-electron chi connectivity index (χ1n) is 4.68. The van der Waals surface area contributed by atoms with Crippen LogP contribution in [0.2, 0.25) is 0 Å². The average molecular weight is 228 g/mol. The molecule has 4 heteroatoms. The second kappa shape index (κ2) is 3.85. The van der Waals surface area contributed by atoms with Gasteiger partial charge in [-0.25, -0.2) is 8.42 Å². The molecule has 0 atom stereocenters. The van der Waals surface area contributed by atoms with E-state index >= 15 is 0 Å². The van der Waals surface area contributed by atoms with Crippen molar-refractivity contribution in [3.63, 3.8) is 0 Å². The maximum absolute atomic E-state index is 12.0. The van der Waals surface area contributed by atoms with Crippen LogP contribution in [0.25, 0.3) is 0 Å². The molecular weight excluding hydrogens is 212 g/mol. The minimum atomic E-state index is -3.26. The van der Waals surface area contributed by atoms with Gasteiger partial charge in [-0.15, -0.1) is 0 Å². The fourth-order valence-corrected chi connectivity index (χ4v) is 2.31. The minimum Gasteiger partial charge on any atom is -0.497 e. The molecule has 0 saturated carbocycles. The summed E-state index contributed by atoms with van der Waals surface area (Å²) in [4.78, 5) is 0.329. The lowest BCUT2D eigenvalue weighted by molar-refractivity contribution is 0.414. The molecule has 15 heavy (non-hydrogen) atoms. The first-order chi connectivity index (χ1) is 6.79. The molecule has 0 heterocycles. The number of benzene rings is 1. The van der Waals surface area contributed by atoms with Crippen LogP contribution in [-0.4, -0.2) is 20.3 Å². The Bertz CT molecular complexity index is 424. The fraction of sp³-hybridized carbons (Fsp3) is 0.455. The summed E-state index contributed by atoms with van der Waals surface area (Å²) in [7, 11) is -1.71. The summed E-state index contributed by atoms with van der Waals surface area (Å²) in [5.74, 6) is 0.655. The lowest BCUT2D eigenvalue weighted by Gasteiger charge is -2.19. The molecule has 0 fully saturated rings. The van der Waals surface area contributed by atoms with E-state index in [0.29, 0.717) is 10.6 Å². The van der Waals surface area contributed by atoms with Crippen molar-refractivity contribution in [1.29, 1.82) is 0 Å².